The monoisotopic (exact) mass is 275 g/mol. The number of nitrogens with zero attached hydrogens (tertiary/aromatic N) is 3. The van der Waals surface area contributed by atoms with Crippen LogP contribution >= 0.6 is 0 Å². The molecule has 5 nitrogen and oxygen atoms in total. The van der Waals surface area contributed by atoms with Gasteiger partial charge in [0.2, 0.25) is 0 Å². The molecule has 1 aromatic heterocycles. The molecule has 108 valence electrons. The van der Waals surface area contributed by atoms with Crippen LogP contribution in [-0.4, -0.2) is 33.6 Å². The van der Waals surface area contributed by atoms with Crippen LogP contribution in [0.4, 0.5) is 5.82 Å². The van der Waals surface area contributed by atoms with E-state index in [-0.39, 0.29) is 11.2 Å². The lowest BCUT2D eigenvalue weighted by atomic mass is 9.81. The number of carbonyl (C=O) groups is 1. The molecule has 20 heavy (non-hydrogen) atoms. The zero-order valence-electron chi connectivity index (χ0n) is 11.9. The van der Waals surface area contributed by atoms with Gasteiger partial charge in [-0.25, -0.2) is 14.8 Å². The number of hydrogen-bond acceptors (Lipinski definition) is 4. The fourth-order valence-electron chi connectivity index (χ4n) is 3.66. The number of rotatable bonds is 4. The summed E-state index contributed by atoms with van der Waals surface area (Å²) in [7, 11) is 2.05. The quantitative estimate of drug-likeness (QED) is 0.915. The molecule has 0 radical (unpaired) electrons. The second-order valence-corrected chi connectivity index (χ2v) is 6.06. The molecular formula is C15H21N3O2. The van der Waals surface area contributed by atoms with Gasteiger partial charge in [-0.15, -0.1) is 0 Å². The van der Waals surface area contributed by atoms with Gasteiger partial charge < -0.3 is 10.0 Å². The Morgan fingerprint density at radius 2 is 2.00 bits per heavy atom. The third-order valence-corrected chi connectivity index (χ3v) is 5.01. The van der Waals surface area contributed by atoms with Crippen LogP contribution in [0.25, 0.3) is 0 Å². The van der Waals surface area contributed by atoms with E-state index >= 15 is 0 Å². The average molecular weight is 275 g/mol. The minimum atomic E-state index is -0.996. The Hall–Kier alpha value is -1.65. The van der Waals surface area contributed by atoms with Crippen LogP contribution in [0.2, 0.25) is 0 Å². The van der Waals surface area contributed by atoms with Crippen molar-refractivity contribution >= 4 is 11.8 Å². The molecule has 0 spiro atoms. The summed E-state index contributed by atoms with van der Waals surface area (Å²) in [4.78, 5) is 21.3. The number of aromatic carboxylic acids is 1. The van der Waals surface area contributed by atoms with E-state index in [1.165, 1.54) is 51.3 Å². The van der Waals surface area contributed by atoms with Crippen molar-refractivity contribution in [2.45, 2.75) is 50.5 Å². The molecule has 0 aliphatic heterocycles. The van der Waals surface area contributed by atoms with Gasteiger partial charge in [0.25, 0.3) is 0 Å². The molecule has 1 heterocycles. The molecule has 5 heteroatoms. The lowest BCUT2D eigenvalue weighted by molar-refractivity contribution is 0.0690. The molecule has 2 fully saturated rings. The third kappa shape index (κ3) is 2.25. The van der Waals surface area contributed by atoms with Gasteiger partial charge in [0.1, 0.15) is 12.1 Å². The Kier molecular flexibility index (Phi) is 3.36. The van der Waals surface area contributed by atoms with Crippen LogP contribution < -0.4 is 4.90 Å². The van der Waals surface area contributed by atoms with Gasteiger partial charge >= 0.3 is 5.97 Å². The van der Waals surface area contributed by atoms with E-state index < -0.39 is 5.97 Å². The highest BCUT2D eigenvalue weighted by atomic mass is 16.4. The fraction of sp³-hybridized carbons (Fsp3) is 0.667. The van der Waals surface area contributed by atoms with Crippen molar-refractivity contribution in [1.82, 2.24) is 9.97 Å². The Morgan fingerprint density at radius 1 is 1.30 bits per heavy atom. The molecular weight excluding hydrogens is 254 g/mol. The average Bonchev–Trinajstić information content (AvgIpc) is 3.29. The summed E-state index contributed by atoms with van der Waals surface area (Å²) in [5, 5.41) is 9.05. The van der Waals surface area contributed by atoms with Gasteiger partial charge in [0, 0.05) is 18.7 Å². The summed E-state index contributed by atoms with van der Waals surface area (Å²) in [5.41, 5.74) is 0.283. The highest BCUT2D eigenvalue weighted by Gasteiger charge is 2.52. The highest BCUT2D eigenvalue weighted by Crippen LogP contribution is 2.52. The second kappa shape index (κ2) is 5.04. The molecule has 2 saturated carbocycles. The zero-order chi connectivity index (χ0) is 14.2. The highest BCUT2D eigenvalue weighted by molar-refractivity contribution is 5.86. The minimum absolute atomic E-state index is 0.0706. The van der Waals surface area contributed by atoms with Crippen LogP contribution in [0.15, 0.2) is 12.4 Å². The Bertz CT molecular complexity index is 508. The van der Waals surface area contributed by atoms with Gasteiger partial charge in [-0.05, 0) is 31.6 Å². The van der Waals surface area contributed by atoms with E-state index in [1.54, 1.807) is 6.07 Å². The predicted octanol–water partition coefficient (Wildman–Crippen LogP) is 2.72. The van der Waals surface area contributed by atoms with Gasteiger partial charge in [0.05, 0.1) is 0 Å². The summed E-state index contributed by atoms with van der Waals surface area (Å²) in [6, 6.07) is 1.59. The summed E-state index contributed by atoms with van der Waals surface area (Å²) < 4.78 is 0. The molecule has 0 unspecified atom stereocenters. The SMILES string of the molecule is CN(c1cc(C(=O)O)ncn1)C1(C2CCCCC2)CC1. The summed E-state index contributed by atoms with van der Waals surface area (Å²) in [5.74, 6) is 0.467. The first-order valence-electron chi connectivity index (χ1n) is 7.43. The number of aromatic nitrogens is 2. The van der Waals surface area contributed by atoms with E-state index in [9.17, 15) is 4.79 Å². The van der Waals surface area contributed by atoms with Crippen LogP contribution in [0.5, 0.6) is 0 Å². The predicted molar refractivity (Wildman–Crippen MR) is 75.9 cm³/mol. The number of anilines is 1. The minimum Gasteiger partial charge on any atom is -0.477 e. The van der Waals surface area contributed by atoms with Crippen LogP contribution in [0.1, 0.15) is 55.4 Å². The Morgan fingerprint density at radius 3 is 2.60 bits per heavy atom. The van der Waals surface area contributed by atoms with E-state index in [2.05, 4.69) is 21.9 Å². The van der Waals surface area contributed by atoms with E-state index in [1.807, 2.05) is 0 Å². The lowest BCUT2D eigenvalue weighted by Gasteiger charge is -2.38. The van der Waals surface area contributed by atoms with Crippen molar-refractivity contribution < 1.29 is 9.90 Å². The first-order valence-corrected chi connectivity index (χ1v) is 7.43. The normalized spacial score (nSPS) is 21.4. The van der Waals surface area contributed by atoms with E-state index in [0.29, 0.717) is 0 Å². The molecule has 0 saturated heterocycles. The van der Waals surface area contributed by atoms with Gasteiger partial charge in [-0.3, -0.25) is 0 Å². The largest absolute Gasteiger partial charge is 0.477 e. The summed E-state index contributed by atoms with van der Waals surface area (Å²) in [6.45, 7) is 0. The van der Waals surface area contributed by atoms with Gasteiger partial charge in [0.15, 0.2) is 5.69 Å². The first-order chi connectivity index (χ1) is 9.63. The fourth-order valence-corrected chi connectivity index (χ4v) is 3.66. The number of hydrogen-bond donors (Lipinski definition) is 1. The van der Waals surface area contributed by atoms with Crippen molar-refractivity contribution in [3.63, 3.8) is 0 Å². The molecule has 2 aliphatic carbocycles. The smallest absolute Gasteiger partial charge is 0.354 e. The molecule has 0 aromatic carbocycles. The van der Waals surface area contributed by atoms with E-state index in [4.69, 9.17) is 5.11 Å². The van der Waals surface area contributed by atoms with Crippen LogP contribution in [0, 0.1) is 5.92 Å². The summed E-state index contributed by atoms with van der Waals surface area (Å²) >= 11 is 0. The third-order valence-electron chi connectivity index (χ3n) is 5.01. The Labute approximate surface area is 119 Å². The van der Waals surface area contributed by atoms with Gasteiger partial charge in [-0.1, -0.05) is 19.3 Å². The summed E-state index contributed by atoms with van der Waals surface area (Å²) in [6.07, 6.45) is 10.3. The van der Waals surface area contributed by atoms with Crippen molar-refractivity contribution in [3.8, 4) is 0 Å². The van der Waals surface area contributed by atoms with Crippen LogP contribution in [0.3, 0.4) is 0 Å². The maximum absolute atomic E-state index is 11.0. The maximum atomic E-state index is 11.0. The number of carboxylic acids is 1. The number of carboxylic acid groups (broad SMARTS) is 1. The molecule has 0 bridgehead atoms. The molecule has 2 aliphatic rings. The standard InChI is InChI=1S/C15H21N3O2/c1-18(13-9-12(14(19)20)16-10-17-13)15(7-8-15)11-5-3-2-4-6-11/h9-11H,2-8H2,1H3,(H,19,20). The van der Waals surface area contributed by atoms with Crippen LogP contribution in [-0.2, 0) is 0 Å². The first kappa shape index (κ1) is 13.3. The topological polar surface area (TPSA) is 66.3 Å². The molecule has 3 rings (SSSR count). The second-order valence-electron chi connectivity index (χ2n) is 6.06. The van der Waals surface area contributed by atoms with Gasteiger partial charge in [-0.2, -0.15) is 0 Å². The molecule has 0 amide bonds. The molecule has 1 N–H and O–H groups in total. The molecule has 1 aromatic rings. The van der Waals surface area contributed by atoms with Crippen molar-refractivity contribution in [2.75, 3.05) is 11.9 Å². The van der Waals surface area contributed by atoms with Crippen molar-refractivity contribution in [1.29, 1.82) is 0 Å². The lowest BCUT2D eigenvalue weighted by Crippen LogP contribution is -2.42. The maximum Gasteiger partial charge on any atom is 0.354 e. The van der Waals surface area contributed by atoms with Crippen molar-refractivity contribution in [2.24, 2.45) is 5.92 Å². The Balaban J connectivity index is 1.82. The zero-order valence-corrected chi connectivity index (χ0v) is 11.9. The van der Waals surface area contributed by atoms with Crippen molar-refractivity contribution in [3.05, 3.63) is 18.1 Å². The van der Waals surface area contributed by atoms with E-state index in [0.717, 1.165) is 11.7 Å². The molecule has 0 atom stereocenters.